The highest BCUT2D eigenvalue weighted by molar-refractivity contribution is 7.11. The Morgan fingerprint density at radius 3 is 2.84 bits per heavy atom. The Labute approximate surface area is 118 Å². The van der Waals surface area contributed by atoms with Gasteiger partial charge in [0.25, 0.3) is 0 Å². The number of hydrogen-bond acceptors (Lipinski definition) is 5. The van der Waals surface area contributed by atoms with Crippen LogP contribution in [-0.2, 0) is 20.7 Å². The van der Waals surface area contributed by atoms with E-state index in [2.05, 4.69) is 18.8 Å². The van der Waals surface area contributed by atoms with Crippen LogP contribution in [0.5, 0.6) is 0 Å². The second kappa shape index (κ2) is 6.01. The van der Waals surface area contributed by atoms with Crippen molar-refractivity contribution in [1.29, 1.82) is 0 Å². The lowest BCUT2D eigenvalue weighted by molar-refractivity contribution is -0.145. The highest BCUT2D eigenvalue weighted by Crippen LogP contribution is 2.40. The summed E-state index contributed by atoms with van der Waals surface area (Å²) in [5.41, 5.74) is 0.918. The molecule has 0 spiro atoms. The van der Waals surface area contributed by atoms with E-state index in [0.717, 1.165) is 23.5 Å². The molecule has 0 fully saturated rings. The minimum absolute atomic E-state index is 0.0124. The first-order valence-electron chi connectivity index (χ1n) is 6.77. The Morgan fingerprint density at radius 2 is 2.26 bits per heavy atom. The number of carbonyl (C=O) groups is 1. The van der Waals surface area contributed by atoms with Crippen LogP contribution in [0.2, 0.25) is 0 Å². The van der Waals surface area contributed by atoms with E-state index in [4.69, 9.17) is 9.47 Å². The summed E-state index contributed by atoms with van der Waals surface area (Å²) in [6.07, 6.45) is 1.76. The fourth-order valence-electron chi connectivity index (χ4n) is 2.50. The third-order valence-corrected chi connectivity index (χ3v) is 4.60. The van der Waals surface area contributed by atoms with Crippen molar-refractivity contribution in [3.05, 3.63) is 15.6 Å². The monoisotopic (exact) mass is 283 g/mol. The Bertz CT molecular complexity index is 456. The molecule has 2 unspecified atom stereocenters. The quantitative estimate of drug-likeness (QED) is 0.779. The maximum atomic E-state index is 11.9. The third kappa shape index (κ3) is 2.82. The van der Waals surface area contributed by atoms with Crippen molar-refractivity contribution in [2.24, 2.45) is 5.92 Å². The van der Waals surface area contributed by atoms with E-state index >= 15 is 0 Å². The molecule has 2 rings (SSSR count). The minimum atomic E-state index is -0.176. The van der Waals surface area contributed by atoms with Gasteiger partial charge in [-0.2, -0.15) is 0 Å². The lowest BCUT2D eigenvalue weighted by Crippen LogP contribution is -2.15. The number of ether oxygens (including phenoxy) is 2. The van der Waals surface area contributed by atoms with Crippen molar-refractivity contribution in [1.82, 2.24) is 4.98 Å². The zero-order valence-electron chi connectivity index (χ0n) is 11.9. The van der Waals surface area contributed by atoms with Gasteiger partial charge in [0.15, 0.2) is 0 Å². The number of aryl methyl sites for hydroxylation is 1. The zero-order chi connectivity index (χ0) is 14.0. The summed E-state index contributed by atoms with van der Waals surface area (Å²) < 4.78 is 10.6. The standard InChI is InChI=1S/C14H21NO3S/c1-5-18-14(16)9-6-7-10-11(9)15-13(19-10)12(17-4)8(2)3/h8-9,12H,5-7H2,1-4H3. The van der Waals surface area contributed by atoms with E-state index in [0.29, 0.717) is 12.5 Å². The SMILES string of the molecule is CCOC(=O)C1CCc2sc(C(OC)C(C)C)nc21. The van der Waals surface area contributed by atoms with Crippen LogP contribution in [-0.4, -0.2) is 24.7 Å². The second-order valence-electron chi connectivity index (χ2n) is 5.10. The van der Waals surface area contributed by atoms with E-state index in [1.807, 2.05) is 6.92 Å². The van der Waals surface area contributed by atoms with Gasteiger partial charge in [0.05, 0.1) is 12.3 Å². The Kier molecular flexibility index (Phi) is 4.58. The van der Waals surface area contributed by atoms with Crippen molar-refractivity contribution < 1.29 is 14.3 Å². The molecule has 106 valence electrons. The zero-order valence-corrected chi connectivity index (χ0v) is 12.8. The molecule has 0 amide bonds. The summed E-state index contributed by atoms with van der Waals surface area (Å²) in [5, 5.41) is 0.983. The van der Waals surface area contributed by atoms with Crippen LogP contribution in [0, 0.1) is 5.92 Å². The van der Waals surface area contributed by atoms with Gasteiger partial charge in [0.1, 0.15) is 17.0 Å². The van der Waals surface area contributed by atoms with Crippen LogP contribution >= 0.6 is 11.3 Å². The molecule has 1 aromatic rings. The van der Waals surface area contributed by atoms with Gasteiger partial charge in [0, 0.05) is 12.0 Å². The van der Waals surface area contributed by atoms with Crippen LogP contribution in [0.15, 0.2) is 0 Å². The summed E-state index contributed by atoms with van der Waals surface area (Å²) in [7, 11) is 1.71. The van der Waals surface area contributed by atoms with Gasteiger partial charge < -0.3 is 9.47 Å². The number of carbonyl (C=O) groups excluding carboxylic acids is 1. The van der Waals surface area contributed by atoms with Gasteiger partial charge in [0.2, 0.25) is 0 Å². The number of esters is 1. The Hall–Kier alpha value is -0.940. The van der Waals surface area contributed by atoms with E-state index in [1.165, 1.54) is 4.88 Å². The van der Waals surface area contributed by atoms with Crippen molar-refractivity contribution in [3.8, 4) is 0 Å². The van der Waals surface area contributed by atoms with E-state index in [-0.39, 0.29) is 18.0 Å². The molecule has 0 N–H and O–H groups in total. The summed E-state index contributed by atoms with van der Waals surface area (Å²) >= 11 is 1.68. The first kappa shape index (κ1) is 14.5. The molecule has 1 aliphatic rings. The van der Waals surface area contributed by atoms with Crippen LogP contribution in [0.4, 0.5) is 0 Å². The van der Waals surface area contributed by atoms with Gasteiger partial charge in [-0.05, 0) is 25.7 Å². The molecule has 0 radical (unpaired) electrons. The summed E-state index contributed by atoms with van der Waals surface area (Å²) in [4.78, 5) is 17.8. The van der Waals surface area contributed by atoms with Gasteiger partial charge >= 0.3 is 5.97 Å². The van der Waals surface area contributed by atoms with Gasteiger partial charge in [-0.15, -0.1) is 11.3 Å². The average Bonchev–Trinajstić information content (AvgIpc) is 2.89. The fraction of sp³-hybridized carbons (Fsp3) is 0.714. The molecule has 19 heavy (non-hydrogen) atoms. The lowest BCUT2D eigenvalue weighted by atomic mass is 10.1. The predicted molar refractivity (Wildman–Crippen MR) is 74.4 cm³/mol. The molecule has 1 heterocycles. The molecule has 4 nitrogen and oxygen atoms in total. The topological polar surface area (TPSA) is 48.4 Å². The molecule has 5 heteroatoms. The number of rotatable bonds is 5. The predicted octanol–water partition coefficient (Wildman–Crippen LogP) is 3.08. The molecule has 0 aliphatic heterocycles. The summed E-state index contributed by atoms with van der Waals surface area (Å²) in [5.74, 6) is 0.0542. The molecule has 0 saturated carbocycles. The van der Waals surface area contributed by atoms with Crippen molar-refractivity contribution in [3.63, 3.8) is 0 Å². The fourth-order valence-corrected chi connectivity index (χ4v) is 3.89. The molecule has 0 saturated heterocycles. The molecular weight excluding hydrogens is 262 g/mol. The van der Waals surface area contributed by atoms with Crippen molar-refractivity contribution in [2.75, 3.05) is 13.7 Å². The number of nitrogens with zero attached hydrogens (tertiary/aromatic N) is 1. The van der Waals surface area contributed by atoms with Crippen LogP contribution < -0.4 is 0 Å². The van der Waals surface area contributed by atoms with E-state index < -0.39 is 0 Å². The van der Waals surface area contributed by atoms with Crippen molar-refractivity contribution >= 4 is 17.3 Å². The lowest BCUT2D eigenvalue weighted by Gasteiger charge is -2.16. The molecule has 2 atom stereocenters. The van der Waals surface area contributed by atoms with Crippen LogP contribution in [0.1, 0.15) is 54.8 Å². The smallest absolute Gasteiger partial charge is 0.315 e. The van der Waals surface area contributed by atoms with Gasteiger partial charge in [-0.1, -0.05) is 13.8 Å². The number of aromatic nitrogens is 1. The van der Waals surface area contributed by atoms with Crippen LogP contribution in [0.3, 0.4) is 0 Å². The molecule has 1 aliphatic carbocycles. The first-order valence-corrected chi connectivity index (χ1v) is 7.59. The maximum Gasteiger partial charge on any atom is 0.315 e. The molecular formula is C14H21NO3S. The van der Waals surface area contributed by atoms with Crippen molar-refractivity contribution in [2.45, 2.75) is 45.6 Å². The summed E-state index contributed by atoms with van der Waals surface area (Å²) in [6.45, 7) is 6.49. The first-order chi connectivity index (χ1) is 9.08. The Morgan fingerprint density at radius 1 is 1.53 bits per heavy atom. The summed E-state index contributed by atoms with van der Waals surface area (Å²) in [6, 6.07) is 0. The largest absolute Gasteiger partial charge is 0.465 e. The molecule has 0 bridgehead atoms. The molecule has 0 aromatic carbocycles. The molecule has 1 aromatic heterocycles. The second-order valence-corrected chi connectivity index (χ2v) is 6.22. The maximum absolute atomic E-state index is 11.9. The highest BCUT2D eigenvalue weighted by atomic mass is 32.1. The normalized spacial score (nSPS) is 19.5. The number of methoxy groups -OCH3 is 1. The Balaban J connectivity index is 2.22. The highest BCUT2D eigenvalue weighted by Gasteiger charge is 2.35. The third-order valence-electron chi connectivity index (χ3n) is 3.41. The number of hydrogen-bond donors (Lipinski definition) is 0. The minimum Gasteiger partial charge on any atom is -0.465 e. The van der Waals surface area contributed by atoms with Crippen LogP contribution in [0.25, 0.3) is 0 Å². The van der Waals surface area contributed by atoms with E-state index in [9.17, 15) is 4.79 Å². The van der Waals surface area contributed by atoms with Gasteiger partial charge in [-0.25, -0.2) is 4.98 Å². The van der Waals surface area contributed by atoms with Gasteiger partial charge in [-0.3, -0.25) is 4.79 Å². The average molecular weight is 283 g/mol. The number of fused-ring (bicyclic) bond motifs is 1. The van der Waals surface area contributed by atoms with E-state index in [1.54, 1.807) is 18.4 Å². The number of thiazole rings is 1.